The lowest BCUT2D eigenvalue weighted by molar-refractivity contribution is -0.116. The summed E-state index contributed by atoms with van der Waals surface area (Å²) >= 11 is 0. The highest BCUT2D eigenvalue weighted by Crippen LogP contribution is 2.12. The maximum atomic E-state index is 12.1. The second kappa shape index (κ2) is 6.91. The highest BCUT2D eigenvalue weighted by Gasteiger charge is 2.09. The van der Waals surface area contributed by atoms with Crippen molar-refractivity contribution in [1.82, 2.24) is 20.3 Å². The van der Waals surface area contributed by atoms with Crippen LogP contribution >= 0.6 is 0 Å². The van der Waals surface area contributed by atoms with E-state index < -0.39 is 0 Å². The van der Waals surface area contributed by atoms with E-state index in [0.717, 1.165) is 11.3 Å². The Kier molecular flexibility index (Phi) is 4.51. The molecule has 0 aliphatic carbocycles. The lowest BCUT2D eigenvalue weighted by Gasteiger charge is -2.06. The summed E-state index contributed by atoms with van der Waals surface area (Å²) in [6.45, 7) is 0. The first kappa shape index (κ1) is 15.7. The van der Waals surface area contributed by atoms with Gasteiger partial charge >= 0.3 is 0 Å². The van der Waals surface area contributed by atoms with Crippen molar-refractivity contribution in [3.05, 3.63) is 54.0 Å². The van der Waals surface area contributed by atoms with Crippen LogP contribution in [0.25, 0.3) is 11.2 Å². The Morgan fingerprint density at radius 2 is 2.08 bits per heavy atom. The highest BCUT2D eigenvalue weighted by molar-refractivity contribution is 5.97. The summed E-state index contributed by atoms with van der Waals surface area (Å²) in [5.41, 5.74) is 2.59. The molecule has 0 unspecified atom stereocenters. The molecule has 0 saturated carbocycles. The van der Waals surface area contributed by atoms with E-state index in [1.807, 2.05) is 12.1 Å². The number of benzene rings is 1. The Morgan fingerprint density at radius 1 is 1.21 bits per heavy atom. The summed E-state index contributed by atoms with van der Waals surface area (Å²) in [7, 11) is 1.57. The van der Waals surface area contributed by atoms with E-state index in [4.69, 9.17) is 0 Å². The number of H-pyrrole nitrogens is 1. The Hall–Kier alpha value is -3.22. The van der Waals surface area contributed by atoms with Crippen LogP contribution in [0.15, 0.2) is 42.6 Å². The van der Waals surface area contributed by atoms with Gasteiger partial charge in [0.05, 0.1) is 5.52 Å². The van der Waals surface area contributed by atoms with E-state index in [1.54, 1.807) is 37.5 Å². The molecule has 0 aliphatic rings. The standard InChI is InChI=1S/C17H17N5O2/c1-18-17(24)11-4-2-5-12(10-11)20-15(23)8-7-14-21-13-6-3-9-19-16(13)22-14/h2-6,9-10H,7-8H2,1H3,(H,18,24)(H,20,23)(H,19,21,22). The van der Waals surface area contributed by atoms with Gasteiger partial charge in [-0.3, -0.25) is 9.59 Å². The summed E-state index contributed by atoms with van der Waals surface area (Å²) in [4.78, 5) is 35.3. The van der Waals surface area contributed by atoms with Gasteiger partial charge < -0.3 is 15.6 Å². The third-order valence-electron chi connectivity index (χ3n) is 3.53. The zero-order valence-corrected chi connectivity index (χ0v) is 13.2. The van der Waals surface area contributed by atoms with Crippen molar-refractivity contribution in [1.29, 1.82) is 0 Å². The molecule has 0 aliphatic heterocycles. The van der Waals surface area contributed by atoms with Crippen LogP contribution in [-0.2, 0) is 11.2 Å². The number of hydrogen-bond donors (Lipinski definition) is 3. The zero-order chi connectivity index (χ0) is 16.9. The molecule has 3 N–H and O–H groups in total. The topological polar surface area (TPSA) is 99.8 Å². The first-order valence-corrected chi connectivity index (χ1v) is 7.57. The Bertz CT molecular complexity index is 854. The molecule has 1 aromatic carbocycles. The first-order valence-electron chi connectivity index (χ1n) is 7.57. The van der Waals surface area contributed by atoms with Crippen LogP contribution in [0.3, 0.4) is 0 Å². The minimum Gasteiger partial charge on any atom is -0.355 e. The highest BCUT2D eigenvalue weighted by atomic mass is 16.2. The number of rotatable bonds is 5. The van der Waals surface area contributed by atoms with Crippen molar-refractivity contribution < 1.29 is 9.59 Å². The number of amides is 2. The molecule has 3 aromatic rings. The second-order valence-electron chi connectivity index (χ2n) is 5.27. The predicted molar refractivity (Wildman–Crippen MR) is 90.7 cm³/mol. The van der Waals surface area contributed by atoms with E-state index in [0.29, 0.717) is 23.3 Å². The van der Waals surface area contributed by atoms with Crippen LogP contribution in [0.5, 0.6) is 0 Å². The van der Waals surface area contributed by atoms with Gasteiger partial charge in [-0.05, 0) is 30.3 Å². The van der Waals surface area contributed by atoms with Gasteiger partial charge in [-0.2, -0.15) is 0 Å². The Morgan fingerprint density at radius 3 is 2.88 bits per heavy atom. The number of pyridine rings is 1. The van der Waals surface area contributed by atoms with Crippen LogP contribution in [0.1, 0.15) is 22.6 Å². The van der Waals surface area contributed by atoms with Gasteiger partial charge in [0.1, 0.15) is 5.82 Å². The summed E-state index contributed by atoms with van der Waals surface area (Å²) < 4.78 is 0. The molecule has 2 heterocycles. The van der Waals surface area contributed by atoms with E-state index in [2.05, 4.69) is 25.6 Å². The van der Waals surface area contributed by atoms with Crippen molar-refractivity contribution >= 4 is 28.7 Å². The molecule has 0 bridgehead atoms. The van der Waals surface area contributed by atoms with E-state index in [1.165, 1.54) is 0 Å². The number of carbonyl (C=O) groups is 2. The van der Waals surface area contributed by atoms with E-state index in [9.17, 15) is 9.59 Å². The van der Waals surface area contributed by atoms with Crippen LogP contribution in [0.2, 0.25) is 0 Å². The molecule has 24 heavy (non-hydrogen) atoms. The lowest BCUT2D eigenvalue weighted by atomic mass is 10.2. The average molecular weight is 323 g/mol. The quantitative estimate of drug-likeness (QED) is 0.667. The van der Waals surface area contributed by atoms with Crippen LogP contribution in [-0.4, -0.2) is 33.8 Å². The minimum absolute atomic E-state index is 0.141. The molecule has 0 fully saturated rings. The number of nitrogens with one attached hydrogen (secondary N) is 3. The Balaban J connectivity index is 1.60. The fraction of sp³-hybridized carbons (Fsp3) is 0.176. The van der Waals surface area contributed by atoms with Gasteiger partial charge in [0.15, 0.2) is 5.65 Å². The first-order chi connectivity index (χ1) is 11.7. The molecule has 122 valence electrons. The monoisotopic (exact) mass is 323 g/mol. The van der Waals surface area contributed by atoms with Crippen LogP contribution in [0, 0.1) is 0 Å². The zero-order valence-electron chi connectivity index (χ0n) is 13.2. The van der Waals surface area contributed by atoms with E-state index >= 15 is 0 Å². The number of fused-ring (bicyclic) bond motifs is 1. The average Bonchev–Trinajstić information content (AvgIpc) is 3.02. The summed E-state index contributed by atoms with van der Waals surface area (Å²) in [5, 5.41) is 5.34. The van der Waals surface area contributed by atoms with Crippen molar-refractivity contribution in [2.75, 3.05) is 12.4 Å². The van der Waals surface area contributed by atoms with Gasteiger partial charge in [0.2, 0.25) is 5.91 Å². The number of aryl methyl sites for hydroxylation is 1. The summed E-state index contributed by atoms with van der Waals surface area (Å²) in [6.07, 6.45) is 2.44. The molecule has 2 amide bonds. The molecule has 0 radical (unpaired) electrons. The molecule has 7 nitrogen and oxygen atoms in total. The number of carbonyl (C=O) groups excluding carboxylic acids is 2. The number of imidazole rings is 1. The molecule has 3 rings (SSSR count). The second-order valence-corrected chi connectivity index (χ2v) is 5.27. The van der Waals surface area contributed by atoms with E-state index in [-0.39, 0.29) is 18.2 Å². The van der Waals surface area contributed by atoms with Gasteiger partial charge in [-0.25, -0.2) is 9.97 Å². The van der Waals surface area contributed by atoms with Crippen molar-refractivity contribution in [3.63, 3.8) is 0 Å². The fourth-order valence-corrected chi connectivity index (χ4v) is 2.35. The molecule has 0 atom stereocenters. The predicted octanol–water partition coefficient (Wildman–Crippen LogP) is 1.89. The maximum Gasteiger partial charge on any atom is 0.251 e. The van der Waals surface area contributed by atoms with Crippen LogP contribution < -0.4 is 10.6 Å². The Labute approximate surface area is 138 Å². The number of aromatic nitrogens is 3. The molecule has 0 spiro atoms. The van der Waals surface area contributed by atoms with Gasteiger partial charge in [-0.1, -0.05) is 6.07 Å². The molecular weight excluding hydrogens is 306 g/mol. The lowest BCUT2D eigenvalue weighted by Crippen LogP contribution is -2.18. The third kappa shape index (κ3) is 3.57. The van der Waals surface area contributed by atoms with Crippen molar-refractivity contribution in [2.24, 2.45) is 0 Å². The number of aromatic amines is 1. The van der Waals surface area contributed by atoms with Gasteiger partial charge in [0, 0.05) is 37.3 Å². The molecule has 0 saturated heterocycles. The molecule has 2 aromatic heterocycles. The molecular formula is C17H17N5O2. The normalized spacial score (nSPS) is 10.5. The number of nitrogens with zero attached hydrogens (tertiary/aromatic N) is 2. The largest absolute Gasteiger partial charge is 0.355 e. The number of hydrogen-bond acceptors (Lipinski definition) is 4. The maximum absolute atomic E-state index is 12.1. The SMILES string of the molecule is CNC(=O)c1cccc(NC(=O)CCc2nc3ncccc3[nH]2)c1. The third-order valence-corrected chi connectivity index (χ3v) is 3.53. The fourth-order valence-electron chi connectivity index (χ4n) is 2.35. The van der Waals surface area contributed by atoms with Crippen molar-refractivity contribution in [2.45, 2.75) is 12.8 Å². The van der Waals surface area contributed by atoms with Crippen LogP contribution in [0.4, 0.5) is 5.69 Å². The summed E-state index contributed by atoms with van der Waals surface area (Å²) in [5.74, 6) is 0.385. The minimum atomic E-state index is -0.194. The van der Waals surface area contributed by atoms with Gasteiger partial charge in [-0.15, -0.1) is 0 Å². The smallest absolute Gasteiger partial charge is 0.251 e. The van der Waals surface area contributed by atoms with Gasteiger partial charge in [0.25, 0.3) is 5.91 Å². The number of anilines is 1. The molecule has 7 heteroatoms. The van der Waals surface area contributed by atoms with Crippen molar-refractivity contribution in [3.8, 4) is 0 Å². The summed E-state index contributed by atoms with van der Waals surface area (Å²) in [6, 6.07) is 10.5.